The van der Waals surface area contributed by atoms with Crippen LogP contribution in [0.2, 0.25) is 0 Å². The van der Waals surface area contributed by atoms with E-state index in [2.05, 4.69) is 21.2 Å². The van der Waals surface area contributed by atoms with Gasteiger partial charge in [-0.05, 0) is 32.0 Å². The van der Waals surface area contributed by atoms with Gasteiger partial charge in [-0.15, -0.1) is 0 Å². The molecule has 0 aliphatic carbocycles. The summed E-state index contributed by atoms with van der Waals surface area (Å²) < 4.78 is 16.6. The molecule has 9 heteroatoms. The number of fused-ring (bicyclic) bond motifs is 4. The molecule has 1 spiro atoms. The van der Waals surface area contributed by atoms with Gasteiger partial charge in [0.25, 0.3) is 0 Å². The third-order valence-corrected chi connectivity index (χ3v) is 5.20. The fraction of sp³-hybridized carbons (Fsp3) is 0.211. The first-order chi connectivity index (χ1) is 13.3. The smallest absolute Gasteiger partial charge is 0.344 e. The maximum atomic E-state index is 13.3. The molecule has 28 heavy (non-hydrogen) atoms. The molecule has 0 radical (unpaired) electrons. The lowest BCUT2D eigenvalue weighted by molar-refractivity contribution is -0.140. The third kappa shape index (κ3) is 2.32. The number of hydrogen-bond acceptors (Lipinski definition) is 7. The normalized spacial score (nSPS) is 19.8. The molecule has 3 N–H and O–H groups in total. The minimum atomic E-state index is -1.85. The van der Waals surface area contributed by atoms with Crippen molar-refractivity contribution in [2.45, 2.75) is 19.3 Å². The molecule has 2 aliphatic heterocycles. The highest BCUT2D eigenvalue weighted by atomic mass is 79.9. The third-order valence-electron chi connectivity index (χ3n) is 4.71. The van der Waals surface area contributed by atoms with Crippen LogP contribution in [-0.2, 0) is 19.7 Å². The van der Waals surface area contributed by atoms with Crippen LogP contribution >= 0.6 is 15.9 Å². The topological polar surface area (TPSA) is 121 Å². The summed E-state index contributed by atoms with van der Waals surface area (Å²) in [5, 5.41) is 2.72. The van der Waals surface area contributed by atoms with E-state index in [1.807, 2.05) is 0 Å². The molecule has 0 saturated carbocycles. The summed E-state index contributed by atoms with van der Waals surface area (Å²) in [6.45, 7) is 3.24. The number of ether oxygens (including phenoxy) is 2. The summed E-state index contributed by atoms with van der Waals surface area (Å²) >= 11 is 3.37. The Hall–Kier alpha value is -3.07. The molecule has 0 fully saturated rings. The molecule has 0 bridgehead atoms. The fourth-order valence-corrected chi connectivity index (χ4v) is 4.07. The Kier molecular flexibility index (Phi) is 4.07. The van der Waals surface area contributed by atoms with Gasteiger partial charge >= 0.3 is 11.6 Å². The van der Waals surface area contributed by atoms with Crippen molar-refractivity contribution >= 4 is 33.5 Å². The largest absolute Gasteiger partial charge is 0.462 e. The number of nitrogens with two attached hydrogens (primary N) is 1. The summed E-state index contributed by atoms with van der Waals surface area (Å²) in [4.78, 5) is 39.0. The van der Waals surface area contributed by atoms with Crippen LogP contribution in [0.3, 0.4) is 0 Å². The predicted octanol–water partition coefficient (Wildman–Crippen LogP) is 2.07. The number of hydrogen-bond donors (Lipinski definition) is 2. The molecule has 0 saturated heterocycles. The van der Waals surface area contributed by atoms with Crippen LogP contribution in [-0.4, -0.2) is 18.5 Å². The molecule has 1 amide bonds. The zero-order chi connectivity index (χ0) is 20.2. The van der Waals surface area contributed by atoms with Crippen LogP contribution in [0.25, 0.3) is 0 Å². The van der Waals surface area contributed by atoms with Crippen molar-refractivity contribution in [2.24, 2.45) is 5.73 Å². The second-order valence-electron chi connectivity index (χ2n) is 6.34. The molecule has 1 unspecified atom stereocenters. The molecule has 2 aliphatic rings. The Morgan fingerprint density at radius 1 is 1.32 bits per heavy atom. The van der Waals surface area contributed by atoms with E-state index in [0.29, 0.717) is 15.7 Å². The summed E-state index contributed by atoms with van der Waals surface area (Å²) in [5.74, 6) is -1.44. The highest BCUT2D eigenvalue weighted by Gasteiger charge is 2.60. The number of carbonyl (C=O) groups is 2. The number of esters is 1. The van der Waals surface area contributed by atoms with Crippen LogP contribution in [0.4, 0.5) is 5.69 Å². The number of nitrogens with one attached hydrogen (secondary N) is 1. The van der Waals surface area contributed by atoms with Crippen LogP contribution in [0, 0.1) is 6.92 Å². The van der Waals surface area contributed by atoms with Crippen molar-refractivity contribution in [3.8, 4) is 5.75 Å². The number of benzene rings is 1. The van der Waals surface area contributed by atoms with E-state index in [4.69, 9.17) is 19.6 Å². The maximum Gasteiger partial charge on any atom is 0.344 e. The van der Waals surface area contributed by atoms with Crippen molar-refractivity contribution in [3.05, 3.63) is 67.5 Å². The van der Waals surface area contributed by atoms with Gasteiger partial charge in [0.05, 0.1) is 6.61 Å². The zero-order valence-electron chi connectivity index (χ0n) is 14.9. The Balaban J connectivity index is 2.17. The zero-order valence-corrected chi connectivity index (χ0v) is 16.5. The second-order valence-corrected chi connectivity index (χ2v) is 7.26. The maximum absolute atomic E-state index is 13.3. The molecular weight excluding hydrogens is 432 g/mol. The fourth-order valence-electron chi connectivity index (χ4n) is 3.71. The van der Waals surface area contributed by atoms with Crippen molar-refractivity contribution < 1.29 is 23.5 Å². The van der Waals surface area contributed by atoms with Gasteiger partial charge in [-0.25, -0.2) is 9.59 Å². The van der Waals surface area contributed by atoms with E-state index in [1.54, 1.807) is 32.0 Å². The number of rotatable bonds is 2. The van der Waals surface area contributed by atoms with Crippen molar-refractivity contribution in [2.75, 3.05) is 11.9 Å². The van der Waals surface area contributed by atoms with Crippen LogP contribution in [0.1, 0.15) is 23.8 Å². The van der Waals surface area contributed by atoms with E-state index in [1.165, 1.54) is 6.07 Å². The van der Waals surface area contributed by atoms with Crippen LogP contribution in [0.5, 0.6) is 5.75 Å². The van der Waals surface area contributed by atoms with Crippen molar-refractivity contribution in [1.82, 2.24) is 0 Å². The van der Waals surface area contributed by atoms with Gasteiger partial charge < -0.3 is 24.9 Å². The second kappa shape index (κ2) is 6.23. The Labute approximate surface area is 167 Å². The minimum Gasteiger partial charge on any atom is -0.462 e. The summed E-state index contributed by atoms with van der Waals surface area (Å²) in [7, 11) is 0. The molecule has 1 aromatic heterocycles. The van der Waals surface area contributed by atoms with Gasteiger partial charge in [0.1, 0.15) is 28.1 Å². The molecule has 144 valence electrons. The first-order valence-corrected chi connectivity index (χ1v) is 9.21. The average Bonchev–Trinajstić information content (AvgIpc) is 2.87. The molecular formula is C19H15BrN2O6. The predicted molar refractivity (Wildman–Crippen MR) is 102 cm³/mol. The molecule has 8 nitrogen and oxygen atoms in total. The molecule has 4 rings (SSSR count). The molecule has 1 atom stereocenters. The highest BCUT2D eigenvalue weighted by Crippen LogP contribution is 2.53. The number of carbonyl (C=O) groups excluding carboxylic acids is 2. The molecule has 1 aromatic carbocycles. The standard InChI is InChI=1S/C19H15BrN2O6/c1-3-26-16(23)14-15(21)28-12-6-8(2)27-17(24)13(12)19(14)10-7-9(20)4-5-11(10)22-18(19)25/h4-7H,3,21H2,1-2H3,(H,22,25). The average molecular weight is 447 g/mol. The highest BCUT2D eigenvalue weighted by molar-refractivity contribution is 9.10. The monoisotopic (exact) mass is 446 g/mol. The molecule has 3 heterocycles. The van der Waals surface area contributed by atoms with Crippen molar-refractivity contribution in [3.63, 3.8) is 0 Å². The summed E-state index contributed by atoms with van der Waals surface area (Å²) in [6, 6.07) is 6.49. The van der Waals surface area contributed by atoms with Crippen molar-refractivity contribution in [1.29, 1.82) is 0 Å². The number of halogens is 1. The van der Waals surface area contributed by atoms with Crippen LogP contribution in [0.15, 0.2) is 49.4 Å². The van der Waals surface area contributed by atoms with E-state index in [9.17, 15) is 14.4 Å². The van der Waals surface area contributed by atoms with Gasteiger partial charge in [-0.3, -0.25) is 4.79 Å². The Morgan fingerprint density at radius 2 is 2.07 bits per heavy atom. The van der Waals surface area contributed by atoms with Gasteiger partial charge in [0, 0.05) is 21.8 Å². The van der Waals surface area contributed by atoms with Gasteiger partial charge in [0.15, 0.2) is 0 Å². The van der Waals surface area contributed by atoms with Crippen LogP contribution < -0.4 is 21.4 Å². The first-order valence-electron chi connectivity index (χ1n) is 8.42. The van der Waals surface area contributed by atoms with E-state index < -0.39 is 22.9 Å². The van der Waals surface area contributed by atoms with Gasteiger partial charge in [-0.2, -0.15) is 0 Å². The quantitative estimate of drug-likeness (QED) is 0.677. The lowest BCUT2D eigenvalue weighted by Gasteiger charge is -2.34. The lowest BCUT2D eigenvalue weighted by atomic mass is 9.69. The minimum absolute atomic E-state index is 0.0496. The number of anilines is 1. The Morgan fingerprint density at radius 3 is 2.79 bits per heavy atom. The number of amides is 1. The van der Waals surface area contributed by atoms with E-state index in [-0.39, 0.29) is 35.1 Å². The van der Waals surface area contributed by atoms with Gasteiger partial charge in [-0.1, -0.05) is 15.9 Å². The van der Waals surface area contributed by atoms with E-state index >= 15 is 0 Å². The molecule has 2 aromatic rings. The van der Waals surface area contributed by atoms with E-state index in [0.717, 1.165) is 0 Å². The Bertz CT molecular complexity index is 1140. The first kappa shape index (κ1) is 18.3. The number of aryl methyl sites for hydroxylation is 1. The SMILES string of the molecule is CCOC(=O)C1=C(N)Oc2cc(C)oc(=O)c2C12C(=O)Nc1ccc(Br)cc12. The summed E-state index contributed by atoms with van der Waals surface area (Å²) in [6.07, 6.45) is 0. The van der Waals surface area contributed by atoms with Gasteiger partial charge in [0.2, 0.25) is 11.8 Å². The lowest BCUT2D eigenvalue weighted by Crippen LogP contribution is -2.48. The summed E-state index contributed by atoms with van der Waals surface area (Å²) in [5.41, 5.74) is 3.86.